The molecular formula is C29H26N2O6. The van der Waals surface area contributed by atoms with Crippen molar-refractivity contribution < 1.29 is 28.5 Å². The maximum atomic E-state index is 13.4. The summed E-state index contributed by atoms with van der Waals surface area (Å²) in [6.07, 6.45) is 0. The first-order valence-electron chi connectivity index (χ1n) is 11.8. The summed E-state index contributed by atoms with van der Waals surface area (Å²) < 4.78 is 22.3. The molecule has 2 N–H and O–H groups in total. The van der Waals surface area contributed by atoms with E-state index in [2.05, 4.69) is 10.6 Å². The molecule has 4 aromatic rings. The molecule has 0 atom stereocenters. The number of hydrogen-bond acceptors (Lipinski definition) is 6. The van der Waals surface area contributed by atoms with E-state index in [9.17, 15) is 9.59 Å². The number of aryl methyl sites for hydroxylation is 1. The van der Waals surface area contributed by atoms with Crippen molar-refractivity contribution in [3.63, 3.8) is 0 Å². The summed E-state index contributed by atoms with van der Waals surface area (Å²) in [5.74, 6) is 1.29. The van der Waals surface area contributed by atoms with Crippen LogP contribution in [-0.2, 0) is 4.79 Å². The Morgan fingerprint density at radius 2 is 1.59 bits per heavy atom. The second-order valence-electron chi connectivity index (χ2n) is 8.55. The van der Waals surface area contributed by atoms with Crippen molar-refractivity contribution in [1.82, 2.24) is 0 Å². The molecule has 5 rings (SSSR count). The van der Waals surface area contributed by atoms with Crippen LogP contribution in [0.2, 0.25) is 0 Å². The van der Waals surface area contributed by atoms with Gasteiger partial charge in [-0.3, -0.25) is 9.59 Å². The Morgan fingerprint density at radius 1 is 0.838 bits per heavy atom. The van der Waals surface area contributed by atoms with E-state index in [-0.39, 0.29) is 18.4 Å². The largest absolute Gasteiger partial charge is 0.495 e. The maximum Gasteiger partial charge on any atom is 0.262 e. The smallest absolute Gasteiger partial charge is 0.262 e. The van der Waals surface area contributed by atoms with Gasteiger partial charge in [0.15, 0.2) is 18.1 Å². The number of benzene rings is 4. The Balaban J connectivity index is 1.36. The van der Waals surface area contributed by atoms with E-state index >= 15 is 0 Å². The van der Waals surface area contributed by atoms with Crippen molar-refractivity contribution in [3.05, 3.63) is 83.9 Å². The van der Waals surface area contributed by atoms with E-state index < -0.39 is 0 Å². The van der Waals surface area contributed by atoms with Crippen LogP contribution in [0.5, 0.6) is 23.0 Å². The van der Waals surface area contributed by atoms with Gasteiger partial charge in [0.1, 0.15) is 24.7 Å². The highest BCUT2D eigenvalue weighted by Crippen LogP contribution is 2.33. The second kappa shape index (κ2) is 10.5. The molecule has 2 amide bonds. The summed E-state index contributed by atoms with van der Waals surface area (Å²) in [7, 11) is 1.55. The third-order valence-corrected chi connectivity index (χ3v) is 5.88. The summed E-state index contributed by atoms with van der Waals surface area (Å²) in [6.45, 7) is 2.58. The normalized spacial score (nSPS) is 12.1. The number of fused-ring (bicyclic) bond motifs is 2. The van der Waals surface area contributed by atoms with Gasteiger partial charge in [0.2, 0.25) is 0 Å². The van der Waals surface area contributed by atoms with Crippen LogP contribution in [0.25, 0.3) is 10.8 Å². The predicted octanol–water partition coefficient (Wildman–Crippen LogP) is 5.20. The molecule has 0 saturated heterocycles. The van der Waals surface area contributed by atoms with Crippen molar-refractivity contribution >= 4 is 34.0 Å². The number of amides is 2. The van der Waals surface area contributed by atoms with Crippen LogP contribution in [0.15, 0.2) is 72.8 Å². The van der Waals surface area contributed by atoms with Crippen LogP contribution in [0.3, 0.4) is 0 Å². The Morgan fingerprint density at radius 3 is 2.38 bits per heavy atom. The summed E-state index contributed by atoms with van der Waals surface area (Å²) in [4.78, 5) is 26.0. The first-order valence-corrected chi connectivity index (χ1v) is 11.8. The molecule has 0 spiro atoms. The van der Waals surface area contributed by atoms with Crippen LogP contribution in [0, 0.1) is 6.92 Å². The molecule has 0 fully saturated rings. The number of methoxy groups -OCH3 is 1. The quantitative estimate of drug-likeness (QED) is 0.364. The van der Waals surface area contributed by atoms with Crippen LogP contribution in [0.1, 0.15) is 15.9 Å². The molecule has 0 unspecified atom stereocenters. The monoisotopic (exact) mass is 498 g/mol. The van der Waals surface area contributed by atoms with Crippen LogP contribution < -0.4 is 29.6 Å². The summed E-state index contributed by atoms with van der Waals surface area (Å²) in [6, 6.07) is 21.9. The first kappa shape index (κ1) is 24.0. The van der Waals surface area contributed by atoms with Gasteiger partial charge in [-0.15, -0.1) is 0 Å². The highest BCUT2D eigenvalue weighted by molar-refractivity contribution is 6.09. The molecule has 8 heteroatoms. The Kier molecular flexibility index (Phi) is 6.81. The number of ether oxygens (including phenoxy) is 4. The zero-order valence-corrected chi connectivity index (χ0v) is 20.5. The minimum Gasteiger partial charge on any atom is -0.495 e. The van der Waals surface area contributed by atoms with Gasteiger partial charge in [-0.1, -0.05) is 30.3 Å². The lowest BCUT2D eigenvalue weighted by atomic mass is 10.0. The zero-order chi connectivity index (χ0) is 25.8. The Bertz CT molecular complexity index is 1480. The third-order valence-electron chi connectivity index (χ3n) is 5.88. The van der Waals surface area contributed by atoms with Crippen molar-refractivity contribution in [3.8, 4) is 23.0 Å². The van der Waals surface area contributed by atoms with E-state index in [1.807, 2.05) is 43.3 Å². The van der Waals surface area contributed by atoms with Gasteiger partial charge in [0.25, 0.3) is 11.8 Å². The molecule has 8 nitrogen and oxygen atoms in total. The SMILES string of the molecule is COc1ccc(C)cc1NC(=O)c1cc2ccccc2cc1OCC(=O)Nc1ccc2c(c1)OCCO2. The molecule has 4 aromatic carbocycles. The fourth-order valence-corrected chi connectivity index (χ4v) is 4.09. The zero-order valence-electron chi connectivity index (χ0n) is 20.5. The van der Waals surface area contributed by atoms with Crippen molar-refractivity contribution in [2.45, 2.75) is 6.92 Å². The number of nitrogens with one attached hydrogen (secondary N) is 2. The molecule has 0 saturated carbocycles. The first-order chi connectivity index (χ1) is 18.0. The predicted molar refractivity (Wildman–Crippen MR) is 141 cm³/mol. The lowest BCUT2D eigenvalue weighted by Crippen LogP contribution is -2.22. The second-order valence-corrected chi connectivity index (χ2v) is 8.55. The molecule has 0 aromatic heterocycles. The molecule has 0 bridgehead atoms. The van der Waals surface area contributed by atoms with E-state index in [1.54, 1.807) is 43.5 Å². The lowest BCUT2D eigenvalue weighted by Gasteiger charge is -2.19. The molecule has 188 valence electrons. The van der Waals surface area contributed by atoms with Crippen LogP contribution in [0.4, 0.5) is 11.4 Å². The molecule has 1 aliphatic heterocycles. The molecule has 0 radical (unpaired) electrons. The standard InChI is InChI=1S/C29H26N2O6/c1-18-7-9-24(34-2)23(13-18)31-29(33)22-14-19-5-3-4-6-20(19)15-26(22)37-17-28(32)30-21-8-10-25-27(16-21)36-12-11-35-25/h3-10,13-16H,11-12,17H2,1-2H3,(H,30,32)(H,31,33). The molecule has 0 aliphatic carbocycles. The van der Waals surface area contributed by atoms with E-state index in [0.717, 1.165) is 16.3 Å². The molecule has 1 aliphatic rings. The number of rotatable bonds is 7. The maximum absolute atomic E-state index is 13.4. The van der Waals surface area contributed by atoms with Gasteiger partial charge >= 0.3 is 0 Å². The fraction of sp³-hybridized carbons (Fsp3) is 0.172. The average molecular weight is 499 g/mol. The summed E-state index contributed by atoms with van der Waals surface area (Å²) in [5, 5.41) is 7.46. The van der Waals surface area contributed by atoms with Crippen molar-refractivity contribution in [1.29, 1.82) is 0 Å². The van der Waals surface area contributed by atoms with Gasteiger partial charge in [-0.05, 0) is 59.7 Å². The van der Waals surface area contributed by atoms with Crippen LogP contribution in [-0.4, -0.2) is 38.7 Å². The Hall–Kier alpha value is -4.72. The highest BCUT2D eigenvalue weighted by atomic mass is 16.6. The number of hydrogen-bond donors (Lipinski definition) is 2. The fourth-order valence-electron chi connectivity index (χ4n) is 4.09. The summed E-state index contributed by atoms with van der Waals surface area (Å²) in [5.41, 5.74) is 2.38. The van der Waals surface area contributed by atoms with Gasteiger partial charge in [0, 0.05) is 11.8 Å². The van der Waals surface area contributed by atoms with Crippen molar-refractivity contribution in [2.75, 3.05) is 37.6 Å². The highest BCUT2D eigenvalue weighted by Gasteiger charge is 2.18. The molecule has 37 heavy (non-hydrogen) atoms. The topological polar surface area (TPSA) is 95.1 Å². The van der Waals surface area contributed by atoms with E-state index in [0.29, 0.717) is 53.2 Å². The van der Waals surface area contributed by atoms with E-state index in [4.69, 9.17) is 18.9 Å². The van der Waals surface area contributed by atoms with Crippen molar-refractivity contribution in [2.24, 2.45) is 0 Å². The number of anilines is 2. The number of carbonyl (C=O) groups is 2. The number of carbonyl (C=O) groups excluding carboxylic acids is 2. The minimum atomic E-state index is -0.378. The van der Waals surface area contributed by atoms with Gasteiger partial charge in [-0.2, -0.15) is 0 Å². The average Bonchev–Trinajstić information content (AvgIpc) is 2.91. The Labute approximate surface area is 214 Å². The van der Waals surface area contributed by atoms with E-state index in [1.165, 1.54) is 0 Å². The van der Waals surface area contributed by atoms with Gasteiger partial charge < -0.3 is 29.6 Å². The lowest BCUT2D eigenvalue weighted by molar-refractivity contribution is -0.118. The minimum absolute atomic E-state index is 0.291. The van der Waals surface area contributed by atoms with Gasteiger partial charge in [0.05, 0.1) is 18.4 Å². The molecule has 1 heterocycles. The van der Waals surface area contributed by atoms with Gasteiger partial charge in [-0.25, -0.2) is 0 Å². The molecular weight excluding hydrogens is 472 g/mol. The summed E-state index contributed by atoms with van der Waals surface area (Å²) >= 11 is 0. The van der Waals surface area contributed by atoms with Crippen LogP contribution >= 0.6 is 0 Å². The third kappa shape index (κ3) is 5.43.